The van der Waals surface area contributed by atoms with Gasteiger partial charge in [0.25, 0.3) is 0 Å². The Morgan fingerprint density at radius 3 is 2.80 bits per heavy atom. The Morgan fingerprint density at radius 2 is 2.12 bits per heavy atom. The fourth-order valence-electron chi connectivity index (χ4n) is 3.24. The Balaban J connectivity index is 0.00000312. The monoisotopic (exact) mass is 440 g/mol. The van der Waals surface area contributed by atoms with E-state index in [9.17, 15) is 10.2 Å². The summed E-state index contributed by atoms with van der Waals surface area (Å²) in [6, 6.07) is 7.45. The van der Waals surface area contributed by atoms with Crippen molar-refractivity contribution in [1.82, 2.24) is 0 Å². The molecule has 0 aromatic heterocycles. The van der Waals surface area contributed by atoms with Crippen LogP contribution in [0.3, 0.4) is 0 Å². The maximum absolute atomic E-state index is 10.3. The van der Waals surface area contributed by atoms with Gasteiger partial charge in [0.05, 0.1) is 18.8 Å². The molecule has 3 nitrogen and oxygen atoms in total. The van der Waals surface area contributed by atoms with E-state index in [1.54, 1.807) is 6.92 Å². The molecule has 1 aliphatic rings. The molecule has 1 fully saturated rings. The van der Waals surface area contributed by atoms with Crippen LogP contribution in [-0.2, 0) is 32.7 Å². The molecule has 0 aliphatic heterocycles. The van der Waals surface area contributed by atoms with Gasteiger partial charge in [-0.3, -0.25) is 0 Å². The van der Waals surface area contributed by atoms with Crippen LogP contribution < -0.4 is 4.74 Å². The van der Waals surface area contributed by atoms with Crippen molar-refractivity contribution in [2.45, 2.75) is 50.2 Å². The Bertz CT molecular complexity index is 535. The van der Waals surface area contributed by atoms with Crippen LogP contribution in [0.5, 0.6) is 5.75 Å². The van der Waals surface area contributed by atoms with Crippen LogP contribution in [0.2, 0.25) is 0 Å². The van der Waals surface area contributed by atoms with Crippen molar-refractivity contribution < 1.29 is 47.7 Å². The normalized spacial score (nSPS) is 27.2. The molecule has 0 spiro atoms. The fourth-order valence-corrected chi connectivity index (χ4v) is 3.71. The summed E-state index contributed by atoms with van der Waals surface area (Å²) in [5.74, 6) is 0.944. The molecular formula is C20H28ClO3Y-. The molecule has 0 heterocycles. The number of ether oxygens (including phenoxy) is 1. The van der Waals surface area contributed by atoms with Crippen molar-refractivity contribution in [2.24, 2.45) is 11.8 Å². The molecule has 1 radical (unpaired) electrons. The van der Waals surface area contributed by atoms with Gasteiger partial charge in [0.2, 0.25) is 0 Å². The number of aliphatic hydroxyl groups excluding tert-OH is 2. The van der Waals surface area contributed by atoms with Crippen molar-refractivity contribution in [3.05, 3.63) is 48.9 Å². The minimum atomic E-state index is -0.524. The standard InChI is InChI=1S/C20H28ClO3.Y/c1-3-4-5-6-10-17-18(20(23)12-19(17)21)13-24-16-9-7-8-15(11-16)14(2)22;/h5-9,11,14,17-20,22-23H,1,3-4,10,12-13H2,2H3;/q-1;/b6-5-;/t14?,17-,18-,19-,20-;/m1./s1. The van der Waals surface area contributed by atoms with Gasteiger partial charge in [-0.15, -0.1) is 11.6 Å². The predicted molar refractivity (Wildman–Crippen MR) is 98.2 cm³/mol. The molecular weight excluding hydrogens is 413 g/mol. The van der Waals surface area contributed by atoms with Crippen LogP contribution in [0.4, 0.5) is 0 Å². The third-order valence-corrected chi connectivity index (χ3v) is 5.21. The second kappa shape index (κ2) is 11.7. The maximum Gasteiger partial charge on any atom is 0.119 e. The average molecular weight is 441 g/mol. The molecule has 0 bridgehead atoms. The minimum absolute atomic E-state index is 0. The van der Waals surface area contributed by atoms with Gasteiger partial charge >= 0.3 is 0 Å². The van der Waals surface area contributed by atoms with Gasteiger partial charge in [-0.2, -0.15) is 6.42 Å². The van der Waals surface area contributed by atoms with E-state index in [4.69, 9.17) is 16.3 Å². The summed E-state index contributed by atoms with van der Waals surface area (Å²) in [6.07, 6.45) is 6.64. The molecule has 1 aliphatic carbocycles. The molecule has 1 saturated carbocycles. The van der Waals surface area contributed by atoms with Crippen molar-refractivity contribution in [3.63, 3.8) is 0 Å². The van der Waals surface area contributed by atoms with Gasteiger partial charge in [0.15, 0.2) is 0 Å². The van der Waals surface area contributed by atoms with Gasteiger partial charge in [-0.25, -0.2) is 0 Å². The van der Waals surface area contributed by atoms with E-state index in [1.165, 1.54) is 0 Å². The van der Waals surface area contributed by atoms with Crippen molar-refractivity contribution in [3.8, 4) is 5.75 Å². The van der Waals surface area contributed by atoms with E-state index in [2.05, 4.69) is 19.1 Å². The molecule has 2 N–H and O–H groups in total. The average Bonchev–Trinajstić information content (AvgIpc) is 2.83. The Morgan fingerprint density at radius 1 is 1.36 bits per heavy atom. The largest absolute Gasteiger partial charge is 0.493 e. The first kappa shape index (κ1) is 23.1. The SMILES string of the molecule is [CH2-]CC/C=C\C[C@@H]1[C@@H](COc2cccc(C(C)O)c2)[C@H](O)C[C@H]1Cl.[Y]. The number of aliphatic hydroxyl groups is 2. The zero-order valence-electron chi connectivity index (χ0n) is 14.9. The van der Waals surface area contributed by atoms with Crippen molar-refractivity contribution in [1.29, 1.82) is 0 Å². The summed E-state index contributed by atoms with van der Waals surface area (Å²) in [5.41, 5.74) is 0.822. The molecule has 5 heteroatoms. The van der Waals surface area contributed by atoms with Gasteiger partial charge in [0.1, 0.15) is 5.75 Å². The first-order valence-corrected chi connectivity index (χ1v) is 9.13. The zero-order chi connectivity index (χ0) is 17.5. The van der Waals surface area contributed by atoms with Gasteiger partial charge in [0, 0.05) is 44.0 Å². The van der Waals surface area contributed by atoms with E-state index >= 15 is 0 Å². The third kappa shape index (κ3) is 6.95. The molecule has 0 saturated heterocycles. The number of rotatable bonds is 8. The molecule has 137 valence electrons. The second-order valence-electron chi connectivity index (χ2n) is 6.56. The number of alkyl halides is 1. The quantitative estimate of drug-likeness (QED) is 0.360. The van der Waals surface area contributed by atoms with Crippen molar-refractivity contribution >= 4 is 11.6 Å². The van der Waals surface area contributed by atoms with Crippen LogP contribution >= 0.6 is 11.6 Å². The Kier molecular flexibility index (Phi) is 10.8. The van der Waals surface area contributed by atoms with Gasteiger partial charge < -0.3 is 21.9 Å². The summed E-state index contributed by atoms with van der Waals surface area (Å²) < 4.78 is 5.89. The smallest absolute Gasteiger partial charge is 0.119 e. The molecule has 0 amide bonds. The maximum atomic E-state index is 10.3. The number of benzene rings is 1. The zero-order valence-corrected chi connectivity index (χ0v) is 18.4. The summed E-state index contributed by atoms with van der Waals surface area (Å²) in [7, 11) is 0. The first-order valence-electron chi connectivity index (χ1n) is 8.70. The van der Waals surface area contributed by atoms with Crippen LogP contribution in [0.1, 0.15) is 44.3 Å². The first-order chi connectivity index (χ1) is 11.5. The summed E-state index contributed by atoms with van der Waals surface area (Å²) >= 11 is 6.43. The van der Waals surface area contributed by atoms with E-state index < -0.39 is 12.2 Å². The fraction of sp³-hybridized carbons (Fsp3) is 0.550. The van der Waals surface area contributed by atoms with E-state index in [-0.39, 0.29) is 49.9 Å². The molecule has 2 rings (SSSR count). The molecule has 1 aromatic rings. The van der Waals surface area contributed by atoms with Crippen LogP contribution in [0.15, 0.2) is 36.4 Å². The van der Waals surface area contributed by atoms with E-state index in [0.29, 0.717) is 18.8 Å². The van der Waals surface area contributed by atoms with E-state index in [0.717, 1.165) is 24.8 Å². The summed E-state index contributed by atoms with van der Waals surface area (Å²) in [6.45, 7) is 5.98. The molecule has 1 aromatic carbocycles. The van der Waals surface area contributed by atoms with Crippen LogP contribution in [-0.4, -0.2) is 28.3 Å². The number of hydrogen-bond acceptors (Lipinski definition) is 3. The number of halogens is 1. The predicted octanol–water partition coefficient (Wildman–Crippen LogP) is 4.28. The number of allylic oxidation sites excluding steroid dienone is 2. The Hall–Kier alpha value is 0.0739. The molecule has 1 unspecified atom stereocenters. The Labute approximate surface area is 181 Å². The second-order valence-corrected chi connectivity index (χ2v) is 7.12. The van der Waals surface area contributed by atoms with Crippen LogP contribution in [0, 0.1) is 18.8 Å². The summed E-state index contributed by atoms with van der Waals surface area (Å²) in [4.78, 5) is 0. The molecule has 5 atom stereocenters. The van der Waals surface area contributed by atoms with Gasteiger partial charge in [-0.05, 0) is 43.4 Å². The van der Waals surface area contributed by atoms with E-state index in [1.807, 2.05) is 24.3 Å². The number of hydrogen-bond donors (Lipinski definition) is 2. The third-order valence-electron chi connectivity index (χ3n) is 4.70. The minimum Gasteiger partial charge on any atom is -0.493 e. The van der Waals surface area contributed by atoms with Crippen LogP contribution in [0.25, 0.3) is 0 Å². The number of unbranched alkanes of at least 4 members (excludes halogenated alkanes) is 1. The molecule has 25 heavy (non-hydrogen) atoms. The van der Waals surface area contributed by atoms with Crippen molar-refractivity contribution in [2.75, 3.05) is 6.61 Å². The summed E-state index contributed by atoms with van der Waals surface area (Å²) in [5, 5.41) is 20.0. The van der Waals surface area contributed by atoms with Gasteiger partial charge in [-0.1, -0.05) is 30.7 Å². The topological polar surface area (TPSA) is 49.7 Å².